The summed E-state index contributed by atoms with van der Waals surface area (Å²) in [7, 11) is 1.64. The van der Waals surface area contributed by atoms with Crippen LogP contribution in [0.2, 0.25) is 0 Å². The molecular weight excluding hydrogens is 470 g/mol. The molecule has 2 aliphatic heterocycles. The van der Waals surface area contributed by atoms with Crippen LogP contribution in [0.1, 0.15) is 37.3 Å². The minimum atomic E-state index is 0.436. The van der Waals surface area contributed by atoms with Gasteiger partial charge >= 0.3 is 0 Å². The molecule has 0 bridgehead atoms. The van der Waals surface area contributed by atoms with E-state index < -0.39 is 0 Å². The number of benzene rings is 2. The molecule has 0 aliphatic carbocycles. The Balaban J connectivity index is 1.29. The van der Waals surface area contributed by atoms with Gasteiger partial charge in [0, 0.05) is 43.5 Å². The molecule has 0 unspecified atom stereocenters. The van der Waals surface area contributed by atoms with E-state index in [1.807, 2.05) is 24.3 Å². The van der Waals surface area contributed by atoms with Crippen molar-refractivity contribution in [1.29, 1.82) is 0 Å². The first-order chi connectivity index (χ1) is 18.1. The zero-order valence-electron chi connectivity index (χ0n) is 21.8. The van der Waals surface area contributed by atoms with Gasteiger partial charge in [-0.25, -0.2) is 4.98 Å². The zero-order chi connectivity index (χ0) is 25.6. The Labute approximate surface area is 218 Å². The Morgan fingerprint density at radius 2 is 1.97 bits per heavy atom. The van der Waals surface area contributed by atoms with Crippen molar-refractivity contribution in [1.82, 2.24) is 14.9 Å². The average Bonchev–Trinajstić information content (AvgIpc) is 3.10. The molecule has 2 N–H and O–H groups in total. The topological polar surface area (TPSA) is 90.0 Å². The standard InChI is InChI=1S/C28H35N5O4/c1-19(2)20-6-4-7-22(14-20)32-27-26-28(31-18-30-27)37-23-16-24(34-3)25(15-21(23)17-29-26)36-11-5-8-33-9-12-35-13-10-33/h4,6-7,14-16,18-19,29H,5,8-13,17H2,1-3H3,(H,30,31,32). The van der Waals surface area contributed by atoms with Crippen molar-refractivity contribution in [2.24, 2.45) is 0 Å². The van der Waals surface area contributed by atoms with Gasteiger partial charge in [0.05, 0.1) is 26.9 Å². The van der Waals surface area contributed by atoms with Crippen molar-refractivity contribution in [3.05, 3.63) is 53.9 Å². The number of morpholine rings is 1. The fourth-order valence-corrected chi connectivity index (χ4v) is 4.48. The van der Waals surface area contributed by atoms with E-state index in [1.54, 1.807) is 7.11 Å². The number of nitrogens with zero attached hydrogens (tertiary/aromatic N) is 3. The van der Waals surface area contributed by atoms with Gasteiger partial charge in [0.2, 0.25) is 5.88 Å². The average molecular weight is 506 g/mol. The maximum absolute atomic E-state index is 6.24. The number of hydrogen-bond acceptors (Lipinski definition) is 9. The molecule has 3 aromatic rings. The van der Waals surface area contributed by atoms with E-state index in [4.69, 9.17) is 18.9 Å². The molecular formula is C28H35N5O4. The van der Waals surface area contributed by atoms with Crippen LogP contribution in [0.15, 0.2) is 42.7 Å². The van der Waals surface area contributed by atoms with Crippen molar-refractivity contribution in [3.63, 3.8) is 0 Å². The summed E-state index contributed by atoms with van der Waals surface area (Å²) in [5, 5.41) is 6.88. The molecule has 3 heterocycles. The Morgan fingerprint density at radius 3 is 2.78 bits per heavy atom. The summed E-state index contributed by atoms with van der Waals surface area (Å²) in [6.45, 7) is 10.1. The summed E-state index contributed by atoms with van der Waals surface area (Å²) < 4.78 is 23.4. The number of fused-ring (bicyclic) bond motifs is 2. The molecule has 1 saturated heterocycles. The molecule has 2 aromatic carbocycles. The summed E-state index contributed by atoms with van der Waals surface area (Å²) in [6, 6.07) is 12.2. The van der Waals surface area contributed by atoms with E-state index >= 15 is 0 Å². The number of ether oxygens (including phenoxy) is 4. The van der Waals surface area contributed by atoms with Gasteiger partial charge in [-0.15, -0.1) is 0 Å². The zero-order valence-corrected chi connectivity index (χ0v) is 21.8. The number of anilines is 3. The Morgan fingerprint density at radius 1 is 1.11 bits per heavy atom. The highest BCUT2D eigenvalue weighted by molar-refractivity contribution is 5.76. The summed E-state index contributed by atoms with van der Waals surface area (Å²) >= 11 is 0. The minimum absolute atomic E-state index is 0.436. The van der Waals surface area contributed by atoms with Gasteiger partial charge in [0.15, 0.2) is 17.3 Å². The lowest BCUT2D eigenvalue weighted by atomic mass is 10.0. The van der Waals surface area contributed by atoms with Crippen LogP contribution in [-0.4, -0.2) is 61.4 Å². The number of rotatable bonds is 9. The van der Waals surface area contributed by atoms with E-state index in [2.05, 4.69) is 51.5 Å². The lowest BCUT2D eigenvalue weighted by molar-refractivity contribution is 0.0357. The molecule has 0 amide bonds. The van der Waals surface area contributed by atoms with Crippen LogP contribution in [0.3, 0.4) is 0 Å². The first-order valence-corrected chi connectivity index (χ1v) is 12.9. The van der Waals surface area contributed by atoms with Crippen molar-refractivity contribution < 1.29 is 18.9 Å². The maximum atomic E-state index is 6.24. The van der Waals surface area contributed by atoms with Crippen LogP contribution in [0, 0.1) is 0 Å². The van der Waals surface area contributed by atoms with Crippen LogP contribution in [0.4, 0.5) is 17.2 Å². The second kappa shape index (κ2) is 11.7. The Hall–Kier alpha value is -3.56. The predicted octanol–water partition coefficient (Wildman–Crippen LogP) is 5.17. The van der Waals surface area contributed by atoms with E-state index in [0.717, 1.165) is 50.5 Å². The van der Waals surface area contributed by atoms with Gasteiger partial charge in [0.1, 0.15) is 17.8 Å². The molecule has 1 fully saturated rings. The first kappa shape index (κ1) is 25.1. The highest BCUT2D eigenvalue weighted by atomic mass is 16.5. The van der Waals surface area contributed by atoms with Crippen molar-refractivity contribution >= 4 is 17.2 Å². The maximum Gasteiger partial charge on any atom is 0.248 e. The van der Waals surface area contributed by atoms with Crippen LogP contribution in [-0.2, 0) is 11.3 Å². The summed E-state index contributed by atoms with van der Waals surface area (Å²) in [6.07, 6.45) is 2.44. The SMILES string of the molecule is COc1cc2c(cc1OCCCN1CCOCC1)CNc1c(Nc3cccc(C(C)C)c3)ncnc1O2. The second-order valence-electron chi connectivity index (χ2n) is 9.53. The van der Waals surface area contributed by atoms with Gasteiger partial charge < -0.3 is 29.6 Å². The molecule has 196 valence electrons. The van der Waals surface area contributed by atoms with Crippen LogP contribution < -0.4 is 24.8 Å². The molecule has 0 saturated carbocycles. The van der Waals surface area contributed by atoms with E-state index in [0.29, 0.717) is 53.7 Å². The summed E-state index contributed by atoms with van der Waals surface area (Å²) in [5.41, 5.74) is 3.88. The minimum Gasteiger partial charge on any atom is -0.493 e. The third-order valence-corrected chi connectivity index (χ3v) is 6.62. The smallest absolute Gasteiger partial charge is 0.248 e. The number of hydrogen-bond donors (Lipinski definition) is 2. The molecule has 2 aliphatic rings. The van der Waals surface area contributed by atoms with Gasteiger partial charge in [-0.05, 0) is 36.1 Å². The molecule has 37 heavy (non-hydrogen) atoms. The van der Waals surface area contributed by atoms with Crippen molar-refractivity contribution in [2.75, 3.05) is 57.2 Å². The first-order valence-electron chi connectivity index (χ1n) is 12.9. The lowest BCUT2D eigenvalue weighted by Gasteiger charge is -2.26. The Kier molecular flexibility index (Phi) is 7.91. The molecule has 5 rings (SSSR count). The largest absolute Gasteiger partial charge is 0.493 e. The van der Waals surface area contributed by atoms with Crippen LogP contribution >= 0.6 is 0 Å². The normalized spacial score (nSPS) is 15.1. The highest BCUT2D eigenvalue weighted by Gasteiger charge is 2.22. The molecule has 9 heteroatoms. The summed E-state index contributed by atoms with van der Waals surface area (Å²) in [4.78, 5) is 11.3. The molecule has 0 spiro atoms. The Bertz CT molecular complexity index is 1210. The molecule has 9 nitrogen and oxygen atoms in total. The van der Waals surface area contributed by atoms with E-state index in [1.165, 1.54) is 11.9 Å². The van der Waals surface area contributed by atoms with E-state index in [-0.39, 0.29) is 0 Å². The monoisotopic (exact) mass is 505 g/mol. The predicted molar refractivity (Wildman–Crippen MR) is 144 cm³/mol. The quantitative estimate of drug-likeness (QED) is 0.382. The summed E-state index contributed by atoms with van der Waals surface area (Å²) in [5.74, 6) is 3.56. The van der Waals surface area contributed by atoms with Gasteiger partial charge in [-0.3, -0.25) is 4.90 Å². The van der Waals surface area contributed by atoms with Gasteiger partial charge in [-0.2, -0.15) is 4.98 Å². The fraction of sp³-hybridized carbons (Fsp3) is 0.429. The second-order valence-corrected chi connectivity index (χ2v) is 9.53. The van der Waals surface area contributed by atoms with Crippen LogP contribution in [0.25, 0.3) is 0 Å². The number of aromatic nitrogens is 2. The molecule has 0 radical (unpaired) electrons. The van der Waals surface area contributed by atoms with Gasteiger partial charge in [0.25, 0.3) is 0 Å². The molecule has 0 atom stereocenters. The van der Waals surface area contributed by atoms with Crippen molar-refractivity contribution in [2.45, 2.75) is 32.7 Å². The third-order valence-electron chi connectivity index (χ3n) is 6.62. The fourth-order valence-electron chi connectivity index (χ4n) is 4.48. The highest BCUT2D eigenvalue weighted by Crippen LogP contribution is 2.42. The van der Waals surface area contributed by atoms with E-state index in [9.17, 15) is 0 Å². The van der Waals surface area contributed by atoms with Crippen molar-refractivity contribution in [3.8, 4) is 23.1 Å². The third kappa shape index (κ3) is 6.06. The van der Waals surface area contributed by atoms with Gasteiger partial charge in [-0.1, -0.05) is 26.0 Å². The van der Waals surface area contributed by atoms with Crippen LogP contribution in [0.5, 0.6) is 23.1 Å². The molecule has 1 aromatic heterocycles. The number of methoxy groups -OCH3 is 1. The number of nitrogens with one attached hydrogen (secondary N) is 2. The lowest BCUT2D eigenvalue weighted by Crippen LogP contribution is -2.37.